The largest absolute Gasteiger partial charge is 0.486 e. The number of nitrogen functional groups attached to an aromatic ring is 1. The molecule has 1 saturated heterocycles. The van der Waals surface area contributed by atoms with Crippen LogP contribution in [-0.2, 0) is 6.54 Å². The highest BCUT2D eigenvalue weighted by atomic mass is 16.6. The van der Waals surface area contributed by atoms with Gasteiger partial charge in [-0.15, -0.1) is 0 Å². The molecule has 0 aliphatic carbocycles. The van der Waals surface area contributed by atoms with E-state index < -0.39 is 0 Å². The average Bonchev–Trinajstić information content (AvgIpc) is 2.86. The van der Waals surface area contributed by atoms with Crippen molar-refractivity contribution >= 4 is 5.69 Å². The molecule has 5 heteroatoms. The van der Waals surface area contributed by atoms with Gasteiger partial charge >= 0.3 is 0 Å². The van der Waals surface area contributed by atoms with Gasteiger partial charge in [0.15, 0.2) is 11.5 Å². The molecule has 1 unspecified atom stereocenters. The first-order valence-corrected chi connectivity index (χ1v) is 7.70. The number of fused-ring (bicyclic) bond motifs is 1. The first kappa shape index (κ1) is 14.5. The molecule has 2 N–H and O–H groups in total. The second-order valence-corrected chi connectivity index (χ2v) is 6.22. The smallest absolute Gasteiger partial charge is 0.163 e. The molecule has 3 rings (SSSR count). The van der Waals surface area contributed by atoms with Crippen LogP contribution in [-0.4, -0.2) is 56.2 Å². The van der Waals surface area contributed by atoms with Gasteiger partial charge in [0.2, 0.25) is 0 Å². The van der Waals surface area contributed by atoms with Crippen LogP contribution in [0.15, 0.2) is 12.1 Å². The van der Waals surface area contributed by atoms with Gasteiger partial charge in [0.25, 0.3) is 0 Å². The minimum Gasteiger partial charge on any atom is -0.486 e. The number of anilines is 1. The summed E-state index contributed by atoms with van der Waals surface area (Å²) in [6.45, 7) is 4.35. The minimum atomic E-state index is 0.600. The molecule has 2 aliphatic heterocycles. The number of likely N-dealkylation sites (tertiary alicyclic amines) is 1. The Balaban J connectivity index is 1.75. The van der Waals surface area contributed by atoms with Crippen molar-refractivity contribution in [3.8, 4) is 11.5 Å². The molecule has 0 aromatic heterocycles. The summed E-state index contributed by atoms with van der Waals surface area (Å²) in [6, 6.07) is 4.57. The van der Waals surface area contributed by atoms with Gasteiger partial charge in [-0.1, -0.05) is 0 Å². The van der Waals surface area contributed by atoms with Crippen molar-refractivity contribution in [1.82, 2.24) is 9.80 Å². The Morgan fingerprint density at radius 2 is 1.95 bits per heavy atom. The molecule has 2 aliphatic rings. The lowest BCUT2D eigenvalue weighted by Crippen LogP contribution is -2.37. The van der Waals surface area contributed by atoms with Crippen LogP contribution in [0.25, 0.3) is 0 Å². The van der Waals surface area contributed by atoms with E-state index in [1.807, 2.05) is 6.07 Å². The van der Waals surface area contributed by atoms with Gasteiger partial charge < -0.3 is 20.1 Å². The molecule has 2 heterocycles. The van der Waals surface area contributed by atoms with Gasteiger partial charge in [0.05, 0.1) is 0 Å². The van der Waals surface area contributed by atoms with Crippen LogP contribution in [0.4, 0.5) is 5.69 Å². The summed E-state index contributed by atoms with van der Waals surface area (Å²) in [4.78, 5) is 4.79. The summed E-state index contributed by atoms with van der Waals surface area (Å²) >= 11 is 0. The quantitative estimate of drug-likeness (QED) is 0.853. The molecule has 21 heavy (non-hydrogen) atoms. The lowest BCUT2D eigenvalue weighted by Gasteiger charge is -2.28. The van der Waals surface area contributed by atoms with Crippen LogP contribution < -0.4 is 15.2 Å². The summed E-state index contributed by atoms with van der Waals surface area (Å²) < 4.78 is 11.2. The highest BCUT2D eigenvalue weighted by molar-refractivity contribution is 5.58. The molecule has 1 aromatic carbocycles. The molecule has 1 aromatic rings. The van der Waals surface area contributed by atoms with E-state index in [1.54, 1.807) is 0 Å². The molecule has 0 spiro atoms. The molecule has 116 valence electrons. The Hall–Kier alpha value is -1.46. The van der Waals surface area contributed by atoms with E-state index in [4.69, 9.17) is 15.2 Å². The molecule has 1 fully saturated rings. The molecule has 0 amide bonds. The number of nitrogens with two attached hydrogens (primary N) is 1. The third-order valence-corrected chi connectivity index (χ3v) is 4.25. The van der Waals surface area contributed by atoms with Crippen molar-refractivity contribution in [2.24, 2.45) is 0 Å². The van der Waals surface area contributed by atoms with E-state index >= 15 is 0 Å². The summed E-state index contributed by atoms with van der Waals surface area (Å²) in [5, 5.41) is 0. The summed E-state index contributed by atoms with van der Waals surface area (Å²) in [5.74, 6) is 1.60. The zero-order valence-corrected chi connectivity index (χ0v) is 13.0. The molecule has 5 nitrogen and oxygen atoms in total. The van der Waals surface area contributed by atoms with Crippen molar-refractivity contribution in [3.05, 3.63) is 17.7 Å². The Kier molecular flexibility index (Phi) is 4.22. The Morgan fingerprint density at radius 1 is 1.24 bits per heavy atom. The predicted octanol–water partition coefficient (Wildman–Crippen LogP) is 1.57. The van der Waals surface area contributed by atoms with Crippen molar-refractivity contribution in [1.29, 1.82) is 0 Å². The summed E-state index contributed by atoms with van der Waals surface area (Å²) in [5.41, 5.74) is 8.14. The van der Waals surface area contributed by atoms with E-state index in [-0.39, 0.29) is 0 Å². The van der Waals surface area contributed by atoms with Gasteiger partial charge in [-0.2, -0.15) is 0 Å². The van der Waals surface area contributed by atoms with Crippen LogP contribution >= 0.6 is 0 Å². The maximum atomic E-state index is 6.20. The van der Waals surface area contributed by atoms with Crippen molar-refractivity contribution in [2.45, 2.75) is 25.4 Å². The highest BCUT2D eigenvalue weighted by Gasteiger charge is 2.26. The third-order valence-electron chi connectivity index (χ3n) is 4.25. The number of hydrogen-bond donors (Lipinski definition) is 1. The molecular formula is C16H25N3O2. The lowest BCUT2D eigenvalue weighted by molar-refractivity contribution is 0.170. The van der Waals surface area contributed by atoms with Gasteiger partial charge in [-0.05, 0) is 45.1 Å². The first-order valence-electron chi connectivity index (χ1n) is 7.70. The monoisotopic (exact) mass is 291 g/mol. The molecule has 0 radical (unpaired) electrons. The fourth-order valence-electron chi connectivity index (χ4n) is 3.23. The normalized spacial score (nSPS) is 22.0. The van der Waals surface area contributed by atoms with E-state index in [1.165, 1.54) is 12.8 Å². The van der Waals surface area contributed by atoms with E-state index in [9.17, 15) is 0 Å². The summed E-state index contributed by atoms with van der Waals surface area (Å²) in [6.07, 6.45) is 2.53. The number of nitrogens with zero attached hydrogens (tertiary/aromatic N) is 2. The van der Waals surface area contributed by atoms with Crippen molar-refractivity contribution in [2.75, 3.05) is 46.1 Å². The maximum Gasteiger partial charge on any atom is 0.163 e. The van der Waals surface area contributed by atoms with Crippen LogP contribution in [0.5, 0.6) is 11.5 Å². The molecule has 1 atom stereocenters. The second kappa shape index (κ2) is 6.12. The Morgan fingerprint density at radius 3 is 2.67 bits per heavy atom. The van der Waals surface area contributed by atoms with E-state index in [2.05, 4.69) is 30.0 Å². The second-order valence-electron chi connectivity index (χ2n) is 6.22. The van der Waals surface area contributed by atoms with Gasteiger partial charge in [-0.3, -0.25) is 4.90 Å². The number of ether oxygens (including phenoxy) is 2. The average molecular weight is 291 g/mol. The summed E-state index contributed by atoms with van der Waals surface area (Å²) in [7, 11) is 4.27. The first-order chi connectivity index (χ1) is 10.1. The zero-order valence-electron chi connectivity index (χ0n) is 13.0. The SMILES string of the molecule is CN(C)CC1CCCN1Cc1cc2c(cc1N)OCCO2. The third kappa shape index (κ3) is 3.24. The predicted molar refractivity (Wildman–Crippen MR) is 83.8 cm³/mol. The zero-order chi connectivity index (χ0) is 14.8. The van der Waals surface area contributed by atoms with E-state index in [0.717, 1.165) is 42.4 Å². The van der Waals surface area contributed by atoms with E-state index in [0.29, 0.717) is 19.3 Å². The van der Waals surface area contributed by atoms with Crippen molar-refractivity contribution in [3.63, 3.8) is 0 Å². The van der Waals surface area contributed by atoms with Crippen molar-refractivity contribution < 1.29 is 9.47 Å². The fraction of sp³-hybridized carbons (Fsp3) is 0.625. The number of benzene rings is 1. The van der Waals surface area contributed by atoms with Gasteiger partial charge in [0, 0.05) is 30.9 Å². The highest BCUT2D eigenvalue weighted by Crippen LogP contribution is 2.35. The Bertz CT molecular complexity index is 505. The van der Waals surface area contributed by atoms with Crippen LogP contribution in [0.3, 0.4) is 0 Å². The number of rotatable bonds is 4. The molecule has 0 saturated carbocycles. The number of hydrogen-bond acceptors (Lipinski definition) is 5. The molecule has 0 bridgehead atoms. The van der Waals surface area contributed by atoms with Gasteiger partial charge in [-0.25, -0.2) is 0 Å². The molecular weight excluding hydrogens is 266 g/mol. The van der Waals surface area contributed by atoms with Gasteiger partial charge in [0.1, 0.15) is 13.2 Å². The lowest BCUT2D eigenvalue weighted by atomic mass is 10.1. The van der Waals surface area contributed by atoms with Crippen LogP contribution in [0, 0.1) is 0 Å². The van der Waals surface area contributed by atoms with Crippen LogP contribution in [0.2, 0.25) is 0 Å². The fourth-order valence-corrected chi connectivity index (χ4v) is 3.23. The topological polar surface area (TPSA) is 51.0 Å². The van der Waals surface area contributed by atoms with Crippen LogP contribution in [0.1, 0.15) is 18.4 Å². The number of likely N-dealkylation sites (N-methyl/N-ethyl adjacent to an activating group) is 1. The maximum absolute atomic E-state index is 6.20. The standard InChI is InChI=1S/C16H25N3O2/c1-18(2)11-13-4-3-5-19(13)10-12-8-15-16(9-14(12)17)21-7-6-20-15/h8-9,13H,3-7,10-11,17H2,1-2H3. The minimum absolute atomic E-state index is 0.600. The Labute approximate surface area is 126 Å².